The molecule has 0 aliphatic carbocycles. The van der Waals surface area contributed by atoms with Crippen molar-refractivity contribution in [1.29, 1.82) is 0 Å². The molecule has 0 radical (unpaired) electrons. The van der Waals surface area contributed by atoms with Crippen LogP contribution in [0.15, 0.2) is 67.0 Å². The molecule has 2 N–H and O–H groups in total. The van der Waals surface area contributed by atoms with E-state index in [4.69, 9.17) is 0 Å². The number of carbonyl (C=O) groups excluding carboxylic acids is 3. The van der Waals surface area contributed by atoms with Crippen molar-refractivity contribution in [3.63, 3.8) is 0 Å². The fraction of sp³-hybridized carbons (Fsp3) is 0.125. The van der Waals surface area contributed by atoms with Gasteiger partial charge in [0.1, 0.15) is 0 Å². The normalized spacial score (nSPS) is 13.6. The van der Waals surface area contributed by atoms with E-state index in [-0.39, 0.29) is 30.6 Å². The van der Waals surface area contributed by atoms with Gasteiger partial charge in [0.2, 0.25) is 11.8 Å². The number of benzene rings is 2. The molecule has 0 unspecified atom stereocenters. The molecule has 1 aliphatic rings. The number of thiazole rings is 1. The van der Waals surface area contributed by atoms with Crippen molar-refractivity contribution >= 4 is 39.9 Å². The van der Waals surface area contributed by atoms with Crippen LogP contribution in [0.4, 0.5) is 10.8 Å². The minimum absolute atomic E-state index is 0.153. The molecule has 0 bridgehead atoms. The van der Waals surface area contributed by atoms with Crippen LogP contribution in [0.2, 0.25) is 0 Å². The largest absolute Gasteiger partial charge is 0.333 e. The maximum Gasteiger partial charge on any atom is 0.257 e. The van der Waals surface area contributed by atoms with Crippen molar-refractivity contribution in [1.82, 2.24) is 20.0 Å². The lowest BCUT2D eigenvalue weighted by Crippen LogP contribution is -2.50. The highest BCUT2D eigenvalue weighted by atomic mass is 32.1. The zero-order chi connectivity index (χ0) is 23.7. The Labute approximate surface area is 199 Å². The maximum atomic E-state index is 12.9. The van der Waals surface area contributed by atoms with Gasteiger partial charge in [0.15, 0.2) is 11.0 Å². The zero-order valence-corrected chi connectivity index (χ0v) is 19.0. The number of nitrogens with one attached hydrogen (secondary N) is 2. The summed E-state index contributed by atoms with van der Waals surface area (Å²) in [5.74, 6) is 0.00697. The number of amides is 3. The molecule has 0 saturated carbocycles. The third-order valence-electron chi connectivity index (χ3n) is 5.36. The number of aromatic nitrogens is 3. The van der Waals surface area contributed by atoms with Gasteiger partial charge < -0.3 is 4.57 Å². The first kappa shape index (κ1) is 21.5. The van der Waals surface area contributed by atoms with Gasteiger partial charge in [-0.2, -0.15) is 0 Å². The van der Waals surface area contributed by atoms with Crippen LogP contribution in [0.25, 0.3) is 22.0 Å². The Bertz CT molecular complexity index is 1380. The Morgan fingerprint density at radius 1 is 1.06 bits per heavy atom. The third kappa shape index (κ3) is 4.18. The summed E-state index contributed by atoms with van der Waals surface area (Å²) < 4.78 is 1.91. The highest BCUT2D eigenvalue weighted by molar-refractivity contribution is 7.19. The van der Waals surface area contributed by atoms with Crippen LogP contribution in [0.1, 0.15) is 23.2 Å². The number of imidazole rings is 1. The van der Waals surface area contributed by atoms with E-state index >= 15 is 0 Å². The van der Waals surface area contributed by atoms with E-state index in [0.29, 0.717) is 16.4 Å². The zero-order valence-electron chi connectivity index (χ0n) is 18.2. The van der Waals surface area contributed by atoms with Crippen molar-refractivity contribution < 1.29 is 14.4 Å². The number of anilines is 2. The predicted molar refractivity (Wildman–Crippen MR) is 129 cm³/mol. The quantitative estimate of drug-likeness (QED) is 0.461. The molecule has 4 aromatic rings. The minimum atomic E-state index is -0.333. The van der Waals surface area contributed by atoms with E-state index in [0.717, 1.165) is 22.0 Å². The van der Waals surface area contributed by atoms with E-state index < -0.39 is 0 Å². The second kappa shape index (κ2) is 8.91. The highest BCUT2D eigenvalue weighted by Crippen LogP contribution is 2.38. The molecule has 170 valence electrons. The fourth-order valence-electron chi connectivity index (χ4n) is 3.62. The van der Waals surface area contributed by atoms with Crippen LogP contribution >= 0.6 is 11.3 Å². The van der Waals surface area contributed by atoms with Crippen molar-refractivity contribution in [3.8, 4) is 22.0 Å². The Balaban J connectivity index is 1.40. The average Bonchev–Trinajstić information content (AvgIpc) is 3.47. The van der Waals surface area contributed by atoms with E-state index in [1.54, 1.807) is 30.5 Å². The molecule has 9 nitrogen and oxygen atoms in total. The number of aryl methyl sites for hydroxylation is 1. The summed E-state index contributed by atoms with van der Waals surface area (Å²) in [7, 11) is 1.91. The molecule has 0 atom stereocenters. The Hall–Kier alpha value is -4.31. The van der Waals surface area contributed by atoms with Gasteiger partial charge in [-0.1, -0.05) is 41.7 Å². The molecule has 1 aliphatic heterocycles. The molecule has 34 heavy (non-hydrogen) atoms. The predicted octanol–water partition coefficient (Wildman–Crippen LogP) is 3.62. The topological polar surface area (TPSA) is 109 Å². The number of carbonyl (C=O) groups is 3. The average molecular weight is 473 g/mol. The molecule has 0 spiro atoms. The monoisotopic (exact) mass is 472 g/mol. The first-order chi connectivity index (χ1) is 16.5. The SMILES string of the molecule is Cn1ccnc1-c1sc(NC(=O)c2ccc(N3NC(=O)CCC3=O)cc2)nc1-c1ccccc1. The lowest BCUT2D eigenvalue weighted by atomic mass is 10.1. The van der Waals surface area contributed by atoms with Crippen molar-refractivity contribution in [2.45, 2.75) is 12.8 Å². The fourth-order valence-corrected chi connectivity index (χ4v) is 4.64. The van der Waals surface area contributed by atoms with Gasteiger partial charge >= 0.3 is 0 Å². The van der Waals surface area contributed by atoms with Gasteiger partial charge in [-0.25, -0.2) is 15.0 Å². The van der Waals surface area contributed by atoms with Crippen LogP contribution in [-0.2, 0) is 16.6 Å². The van der Waals surface area contributed by atoms with E-state index in [9.17, 15) is 14.4 Å². The van der Waals surface area contributed by atoms with Gasteiger partial charge in [-0.15, -0.1) is 0 Å². The summed E-state index contributed by atoms with van der Waals surface area (Å²) in [6.45, 7) is 0. The number of nitrogens with zero attached hydrogens (tertiary/aromatic N) is 4. The number of hydrazine groups is 1. The molecule has 5 rings (SSSR count). The second-order valence-electron chi connectivity index (χ2n) is 7.69. The summed E-state index contributed by atoms with van der Waals surface area (Å²) in [6.07, 6.45) is 3.91. The molecular weight excluding hydrogens is 452 g/mol. The number of hydrogen-bond donors (Lipinski definition) is 2. The first-order valence-corrected chi connectivity index (χ1v) is 11.4. The van der Waals surface area contributed by atoms with E-state index in [2.05, 4.69) is 20.7 Å². The van der Waals surface area contributed by atoms with Gasteiger partial charge in [-0.3, -0.25) is 25.1 Å². The van der Waals surface area contributed by atoms with Crippen LogP contribution < -0.4 is 15.8 Å². The molecule has 10 heteroatoms. The van der Waals surface area contributed by atoms with Crippen molar-refractivity contribution in [3.05, 3.63) is 72.6 Å². The molecule has 2 aromatic carbocycles. The number of rotatable bonds is 5. The van der Waals surface area contributed by atoms with Crippen LogP contribution in [0, 0.1) is 0 Å². The molecule has 3 heterocycles. The Kier molecular flexibility index (Phi) is 5.64. The van der Waals surface area contributed by atoms with Gasteiger partial charge in [0.25, 0.3) is 5.91 Å². The van der Waals surface area contributed by atoms with E-state index in [1.165, 1.54) is 16.3 Å². The minimum Gasteiger partial charge on any atom is -0.333 e. The summed E-state index contributed by atoms with van der Waals surface area (Å²) in [4.78, 5) is 46.6. The number of hydrogen-bond acceptors (Lipinski definition) is 6. The molecule has 2 aromatic heterocycles. The lowest BCUT2D eigenvalue weighted by Gasteiger charge is -2.27. The standard InChI is InChI=1S/C24H20N6O3S/c1-29-14-13-25-22(29)21-20(15-5-3-2-4-6-15)26-24(34-21)27-23(33)16-7-9-17(10-8-16)30-19(32)12-11-18(31)28-30/h2-10,13-14H,11-12H2,1H3,(H,28,31)(H,26,27,33). The molecule has 1 fully saturated rings. The van der Waals surface area contributed by atoms with Gasteiger partial charge in [-0.05, 0) is 24.3 Å². The van der Waals surface area contributed by atoms with Crippen molar-refractivity contribution in [2.24, 2.45) is 7.05 Å². The second-order valence-corrected chi connectivity index (χ2v) is 8.69. The van der Waals surface area contributed by atoms with Gasteiger partial charge in [0.05, 0.1) is 16.3 Å². The maximum absolute atomic E-state index is 12.9. The molecule has 3 amide bonds. The summed E-state index contributed by atoms with van der Waals surface area (Å²) in [6, 6.07) is 16.2. The van der Waals surface area contributed by atoms with Crippen LogP contribution in [0.3, 0.4) is 0 Å². The van der Waals surface area contributed by atoms with Crippen molar-refractivity contribution in [2.75, 3.05) is 10.3 Å². The van der Waals surface area contributed by atoms with Crippen LogP contribution in [0.5, 0.6) is 0 Å². The molecule has 1 saturated heterocycles. The summed E-state index contributed by atoms with van der Waals surface area (Å²) in [5.41, 5.74) is 5.10. The summed E-state index contributed by atoms with van der Waals surface area (Å²) in [5, 5.41) is 4.52. The van der Waals surface area contributed by atoms with Crippen LogP contribution in [-0.4, -0.2) is 32.3 Å². The molecular formula is C24H20N6O3S. The van der Waals surface area contributed by atoms with E-state index in [1.807, 2.05) is 48.1 Å². The van der Waals surface area contributed by atoms with Gasteiger partial charge in [0, 0.05) is 43.4 Å². The summed E-state index contributed by atoms with van der Waals surface area (Å²) >= 11 is 1.35. The Morgan fingerprint density at radius 3 is 2.53 bits per heavy atom. The third-order valence-corrected chi connectivity index (χ3v) is 6.33. The lowest BCUT2D eigenvalue weighted by molar-refractivity contribution is -0.130. The smallest absolute Gasteiger partial charge is 0.257 e. The Morgan fingerprint density at radius 2 is 1.82 bits per heavy atom. The highest BCUT2D eigenvalue weighted by Gasteiger charge is 2.25. The first-order valence-electron chi connectivity index (χ1n) is 10.6.